The van der Waals surface area contributed by atoms with Crippen LogP contribution in [0.2, 0.25) is 0 Å². The van der Waals surface area contributed by atoms with E-state index < -0.39 is 11.5 Å². The zero-order valence-electron chi connectivity index (χ0n) is 8.82. The molecule has 2 rings (SSSR count). The van der Waals surface area contributed by atoms with Gasteiger partial charge in [0.2, 0.25) is 0 Å². The maximum absolute atomic E-state index is 11.0. The van der Waals surface area contributed by atoms with E-state index in [0.29, 0.717) is 24.2 Å². The van der Waals surface area contributed by atoms with Crippen LogP contribution >= 0.6 is 0 Å². The van der Waals surface area contributed by atoms with Crippen molar-refractivity contribution in [1.82, 2.24) is 4.98 Å². The Bertz CT molecular complexity index is 486. The van der Waals surface area contributed by atoms with Gasteiger partial charge in [-0.1, -0.05) is 0 Å². The Hall–Kier alpha value is -2.09. The van der Waals surface area contributed by atoms with Crippen LogP contribution in [0.25, 0.3) is 0 Å². The molecule has 0 spiro atoms. The minimum atomic E-state index is -0.910. The third-order valence-electron chi connectivity index (χ3n) is 2.79. The summed E-state index contributed by atoms with van der Waals surface area (Å²) in [4.78, 5) is 15.0. The van der Waals surface area contributed by atoms with Crippen LogP contribution in [0.4, 0.5) is 5.82 Å². The number of hydrogen-bond donors (Lipinski definition) is 2. The molecule has 0 amide bonds. The van der Waals surface area contributed by atoms with Crippen LogP contribution < -0.4 is 5.32 Å². The predicted molar refractivity (Wildman–Crippen MR) is 56.9 cm³/mol. The Kier molecular flexibility index (Phi) is 2.27. The molecule has 1 saturated carbocycles. The standard InChI is InChI=1S/C11H11N3O2/c1-7-2-5-13-9(8(7)6-12)14-11(3-4-11)10(15)16/h2,5H,3-4H2,1H3,(H,13,14)(H,15,16). The van der Waals surface area contributed by atoms with E-state index in [2.05, 4.69) is 10.3 Å². The minimum Gasteiger partial charge on any atom is -0.480 e. The fourth-order valence-electron chi connectivity index (χ4n) is 1.54. The van der Waals surface area contributed by atoms with Crippen molar-refractivity contribution in [3.63, 3.8) is 0 Å². The Labute approximate surface area is 92.7 Å². The first kappa shape index (κ1) is 10.4. The van der Waals surface area contributed by atoms with Crippen molar-refractivity contribution < 1.29 is 9.90 Å². The third kappa shape index (κ3) is 1.58. The third-order valence-corrected chi connectivity index (χ3v) is 2.79. The molecule has 1 heterocycles. The van der Waals surface area contributed by atoms with E-state index in [0.717, 1.165) is 5.56 Å². The van der Waals surface area contributed by atoms with Gasteiger partial charge in [-0.05, 0) is 31.4 Å². The van der Waals surface area contributed by atoms with Gasteiger partial charge in [-0.15, -0.1) is 0 Å². The SMILES string of the molecule is Cc1ccnc(NC2(C(=O)O)CC2)c1C#N. The van der Waals surface area contributed by atoms with Crippen molar-refractivity contribution in [3.8, 4) is 6.07 Å². The van der Waals surface area contributed by atoms with Gasteiger partial charge < -0.3 is 10.4 Å². The van der Waals surface area contributed by atoms with Gasteiger partial charge in [0.15, 0.2) is 0 Å². The second-order valence-electron chi connectivity index (χ2n) is 3.98. The summed E-state index contributed by atoms with van der Waals surface area (Å²) >= 11 is 0. The summed E-state index contributed by atoms with van der Waals surface area (Å²) < 4.78 is 0. The van der Waals surface area contributed by atoms with Gasteiger partial charge in [-0.3, -0.25) is 0 Å². The first-order chi connectivity index (χ1) is 7.59. The molecule has 0 aromatic carbocycles. The molecule has 0 radical (unpaired) electrons. The summed E-state index contributed by atoms with van der Waals surface area (Å²) in [6.45, 7) is 1.80. The number of anilines is 1. The van der Waals surface area contributed by atoms with Gasteiger partial charge >= 0.3 is 5.97 Å². The van der Waals surface area contributed by atoms with Crippen LogP contribution in [0.1, 0.15) is 24.0 Å². The fourth-order valence-corrected chi connectivity index (χ4v) is 1.54. The molecule has 2 N–H and O–H groups in total. The zero-order valence-corrected chi connectivity index (χ0v) is 8.82. The molecule has 0 atom stereocenters. The van der Waals surface area contributed by atoms with Gasteiger partial charge in [0.1, 0.15) is 17.4 Å². The first-order valence-electron chi connectivity index (χ1n) is 4.96. The lowest BCUT2D eigenvalue weighted by Gasteiger charge is -2.14. The van der Waals surface area contributed by atoms with E-state index in [1.807, 2.05) is 6.07 Å². The lowest BCUT2D eigenvalue weighted by atomic mass is 10.1. The van der Waals surface area contributed by atoms with E-state index in [1.165, 1.54) is 0 Å². The molecule has 1 aromatic rings. The quantitative estimate of drug-likeness (QED) is 0.796. The highest BCUT2D eigenvalue weighted by atomic mass is 16.4. The molecule has 1 fully saturated rings. The van der Waals surface area contributed by atoms with Gasteiger partial charge in [-0.2, -0.15) is 5.26 Å². The summed E-state index contributed by atoms with van der Waals surface area (Å²) in [5, 5.41) is 20.9. The summed E-state index contributed by atoms with van der Waals surface area (Å²) in [6.07, 6.45) is 2.71. The molecule has 5 heteroatoms. The molecule has 1 aromatic heterocycles. The molecular weight excluding hydrogens is 206 g/mol. The van der Waals surface area contributed by atoms with Gasteiger partial charge in [0.25, 0.3) is 0 Å². The summed E-state index contributed by atoms with van der Waals surface area (Å²) in [6, 6.07) is 3.76. The maximum atomic E-state index is 11.0. The fraction of sp³-hybridized carbons (Fsp3) is 0.364. The van der Waals surface area contributed by atoms with Crippen LogP contribution in [0, 0.1) is 18.3 Å². The highest BCUT2D eigenvalue weighted by Crippen LogP contribution is 2.39. The molecule has 16 heavy (non-hydrogen) atoms. The van der Waals surface area contributed by atoms with Gasteiger partial charge in [0, 0.05) is 6.20 Å². The van der Waals surface area contributed by atoms with Crippen molar-refractivity contribution >= 4 is 11.8 Å². The van der Waals surface area contributed by atoms with E-state index in [1.54, 1.807) is 19.2 Å². The highest BCUT2D eigenvalue weighted by molar-refractivity contribution is 5.86. The predicted octanol–water partition coefficient (Wildman–Crippen LogP) is 1.29. The number of aromatic nitrogens is 1. The van der Waals surface area contributed by atoms with E-state index in [4.69, 9.17) is 10.4 Å². The smallest absolute Gasteiger partial charge is 0.329 e. The monoisotopic (exact) mass is 217 g/mol. The first-order valence-corrected chi connectivity index (χ1v) is 4.96. The van der Waals surface area contributed by atoms with Crippen LogP contribution in [-0.4, -0.2) is 21.6 Å². The zero-order chi connectivity index (χ0) is 11.8. The summed E-state index contributed by atoms with van der Waals surface area (Å²) in [5.74, 6) is -0.526. The minimum absolute atomic E-state index is 0.363. The molecule has 0 unspecified atom stereocenters. The normalized spacial score (nSPS) is 16.2. The van der Waals surface area contributed by atoms with Crippen LogP contribution in [0.15, 0.2) is 12.3 Å². The number of nitriles is 1. The average molecular weight is 217 g/mol. The van der Waals surface area contributed by atoms with Crippen molar-refractivity contribution in [1.29, 1.82) is 5.26 Å². The highest BCUT2D eigenvalue weighted by Gasteiger charge is 2.51. The Morgan fingerprint density at radius 3 is 2.88 bits per heavy atom. The number of carboxylic acid groups (broad SMARTS) is 1. The number of carboxylic acids is 1. The van der Waals surface area contributed by atoms with Crippen molar-refractivity contribution in [2.75, 3.05) is 5.32 Å². The second kappa shape index (κ2) is 3.49. The summed E-state index contributed by atoms with van der Waals surface area (Å²) in [5.41, 5.74) is 0.295. The molecule has 5 nitrogen and oxygen atoms in total. The largest absolute Gasteiger partial charge is 0.480 e. The van der Waals surface area contributed by atoms with Gasteiger partial charge in [-0.25, -0.2) is 9.78 Å². The van der Waals surface area contributed by atoms with Crippen molar-refractivity contribution in [2.24, 2.45) is 0 Å². The molecule has 0 bridgehead atoms. The molecule has 1 aliphatic carbocycles. The maximum Gasteiger partial charge on any atom is 0.329 e. The lowest BCUT2D eigenvalue weighted by Crippen LogP contribution is -2.32. The van der Waals surface area contributed by atoms with Crippen molar-refractivity contribution in [2.45, 2.75) is 25.3 Å². The Balaban J connectivity index is 2.33. The number of rotatable bonds is 3. The number of nitrogens with zero attached hydrogens (tertiary/aromatic N) is 2. The number of nitrogens with one attached hydrogen (secondary N) is 1. The molecule has 1 aliphatic rings. The Morgan fingerprint density at radius 2 is 2.38 bits per heavy atom. The van der Waals surface area contributed by atoms with Crippen LogP contribution in [-0.2, 0) is 4.79 Å². The summed E-state index contributed by atoms with van der Waals surface area (Å²) in [7, 11) is 0. The Morgan fingerprint density at radius 1 is 1.69 bits per heavy atom. The topological polar surface area (TPSA) is 86.0 Å². The number of pyridine rings is 1. The number of aryl methyl sites for hydroxylation is 1. The molecule has 0 aliphatic heterocycles. The molecular formula is C11H11N3O2. The number of carbonyl (C=O) groups is 1. The number of hydrogen-bond acceptors (Lipinski definition) is 4. The van der Waals surface area contributed by atoms with Crippen LogP contribution in [0.5, 0.6) is 0 Å². The van der Waals surface area contributed by atoms with E-state index >= 15 is 0 Å². The van der Waals surface area contributed by atoms with E-state index in [-0.39, 0.29) is 0 Å². The van der Waals surface area contributed by atoms with Gasteiger partial charge in [0.05, 0.1) is 5.56 Å². The molecule has 0 saturated heterocycles. The molecule has 82 valence electrons. The number of aliphatic carboxylic acids is 1. The second-order valence-corrected chi connectivity index (χ2v) is 3.98. The van der Waals surface area contributed by atoms with E-state index in [9.17, 15) is 4.79 Å². The van der Waals surface area contributed by atoms with Crippen LogP contribution in [0.3, 0.4) is 0 Å². The average Bonchev–Trinajstić information content (AvgIpc) is 2.99. The van der Waals surface area contributed by atoms with Crippen molar-refractivity contribution in [3.05, 3.63) is 23.4 Å². The lowest BCUT2D eigenvalue weighted by molar-refractivity contribution is -0.138.